The van der Waals surface area contributed by atoms with E-state index in [4.69, 9.17) is 0 Å². The SMILES string of the molecule is Cn1nc(NS(C)(=O)=O)c2cccc(-c3ccc(C#CC4(O)CC(F)(F)C4)nc3[C@H](Cc3cc(F)cc(F)c3)NC(=O)Cn3nc(C(F)(F)F)c4c3C(F)(F)[C@@H]3C#C[C@H]43)c21. The molecule has 1 fully saturated rings. The van der Waals surface area contributed by atoms with E-state index in [9.17, 15) is 49.1 Å². The number of aliphatic hydroxyl groups is 1. The summed E-state index contributed by atoms with van der Waals surface area (Å²) in [5.74, 6) is -4.22. The lowest BCUT2D eigenvalue weighted by Crippen LogP contribution is -2.50. The predicted octanol–water partition coefficient (Wildman–Crippen LogP) is 5.93. The number of hydrogen-bond donors (Lipinski definition) is 3. The summed E-state index contributed by atoms with van der Waals surface area (Å²) in [6, 6.07) is 8.31. The zero-order valence-corrected chi connectivity index (χ0v) is 31.7. The van der Waals surface area contributed by atoms with Crippen LogP contribution in [0.4, 0.5) is 45.3 Å². The number of aryl methyl sites for hydroxylation is 1. The first-order valence-electron chi connectivity index (χ1n) is 17.8. The molecule has 1 saturated carbocycles. The molecule has 2 aromatic carbocycles. The van der Waals surface area contributed by atoms with E-state index in [0.717, 1.165) is 18.4 Å². The molecule has 0 aliphatic heterocycles. The van der Waals surface area contributed by atoms with Crippen molar-refractivity contribution in [3.05, 3.63) is 94.1 Å². The Labute approximate surface area is 334 Å². The monoisotopic (exact) mass is 861 g/mol. The number of carbonyl (C=O) groups is 1. The van der Waals surface area contributed by atoms with E-state index in [1.807, 2.05) is 0 Å². The number of anilines is 1. The van der Waals surface area contributed by atoms with E-state index in [-0.39, 0.29) is 44.0 Å². The number of aromatic nitrogens is 5. The first-order chi connectivity index (χ1) is 27.9. The van der Waals surface area contributed by atoms with Crippen molar-refractivity contribution >= 4 is 32.7 Å². The van der Waals surface area contributed by atoms with Crippen LogP contribution in [0.25, 0.3) is 22.0 Å². The van der Waals surface area contributed by atoms with Gasteiger partial charge in [0.1, 0.15) is 41.1 Å². The number of amides is 1. The topological polar surface area (TPSA) is 144 Å². The number of para-hydroxylation sites is 1. The van der Waals surface area contributed by atoms with Gasteiger partial charge in [-0.25, -0.2) is 31.0 Å². The van der Waals surface area contributed by atoms with Gasteiger partial charge < -0.3 is 10.4 Å². The molecule has 0 bridgehead atoms. The van der Waals surface area contributed by atoms with E-state index >= 15 is 8.78 Å². The van der Waals surface area contributed by atoms with Crippen LogP contribution in [0.1, 0.15) is 58.7 Å². The lowest BCUT2D eigenvalue weighted by Gasteiger charge is -2.39. The molecule has 3 aromatic heterocycles. The number of alkyl halides is 7. The van der Waals surface area contributed by atoms with Crippen LogP contribution in [0.3, 0.4) is 0 Å². The van der Waals surface area contributed by atoms with Crippen molar-refractivity contribution in [2.75, 3.05) is 11.0 Å². The maximum absolute atomic E-state index is 15.5. The van der Waals surface area contributed by atoms with Crippen molar-refractivity contribution in [1.29, 1.82) is 0 Å². The van der Waals surface area contributed by atoms with Gasteiger partial charge in [-0.05, 0) is 48.2 Å². The lowest BCUT2D eigenvalue weighted by molar-refractivity contribution is -0.176. The second kappa shape index (κ2) is 13.7. The molecular formula is C39H28F9N7O4S. The number of benzene rings is 2. The third kappa shape index (κ3) is 7.40. The minimum atomic E-state index is -5.19. The Kier molecular flexibility index (Phi) is 9.32. The summed E-state index contributed by atoms with van der Waals surface area (Å²) in [5.41, 5.74) is -5.36. The molecule has 3 aliphatic carbocycles. The highest BCUT2D eigenvalue weighted by Gasteiger charge is 2.62. The zero-order valence-electron chi connectivity index (χ0n) is 30.9. The smallest absolute Gasteiger partial charge is 0.377 e. The van der Waals surface area contributed by atoms with Gasteiger partial charge in [-0.15, -0.1) is 0 Å². The quantitative estimate of drug-likeness (QED) is 0.123. The molecule has 3 N–H and O–H groups in total. The molecule has 0 radical (unpaired) electrons. The molecule has 11 nitrogen and oxygen atoms in total. The summed E-state index contributed by atoms with van der Waals surface area (Å²) < 4.78 is 158. The number of hydrogen-bond acceptors (Lipinski definition) is 7. The summed E-state index contributed by atoms with van der Waals surface area (Å²) in [7, 11) is -2.35. The number of carbonyl (C=O) groups excluding carboxylic acids is 1. The van der Waals surface area contributed by atoms with E-state index in [0.29, 0.717) is 11.6 Å². The average Bonchev–Trinajstić information content (AvgIpc) is 3.66. The van der Waals surface area contributed by atoms with Crippen molar-refractivity contribution in [3.63, 3.8) is 0 Å². The third-order valence-electron chi connectivity index (χ3n) is 10.2. The summed E-state index contributed by atoms with van der Waals surface area (Å²) in [4.78, 5) is 18.5. The maximum Gasteiger partial charge on any atom is 0.435 e. The van der Waals surface area contributed by atoms with E-state index in [1.54, 1.807) is 12.1 Å². The van der Waals surface area contributed by atoms with Gasteiger partial charge in [-0.1, -0.05) is 29.9 Å². The van der Waals surface area contributed by atoms with Crippen LogP contribution in [0, 0.1) is 41.2 Å². The van der Waals surface area contributed by atoms with Gasteiger partial charge in [0.25, 0.3) is 5.92 Å². The molecule has 21 heteroatoms. The Balaban J connectivity index is 1.26. The summed E-state index contributed by atoms with van der Waals surface area (Å²) in [5, 5.41) is 21.0. The molecule has 0 spiro atoms. The fourth-order valence-electron chi connectivity index (χ4n) is 7.85. The van der Waals surface area contributed by atoms with Crippen LogP contribution >= 0.6 is 0 Å². The highest BCUT2D eigenvalue weighted by Crippen LogP contribution is 2.58. The van der Waals surface area contributed by atoms with Crippen LogP contribution in [-0.4, -0.2) is 61.8 Å². The molecule has 60 heavy (non-hydrogen) atoms. The highest BCUT2D eigenvalue weighted by atomic mass is 32.2. The highest BCUT2D eigenvalue weighted by molar-refractivity contribution is 7.92. The van der Waals surface area contributed by atoms with Crippen molar-refractivity contribution in [2.24, 2.45) is 13.0 Å². The fourth-order valence-corrected chi connectivity index (χ4v) is 8.36. The van der Waals surface area contributed by atoms with Crippen LogP contribution in [0.2, 0.25) is 0 Å². The second-order valence-electron chi connectivity index (χ2n) is 14.9. The minimum Gasteiger partial charge on any atom is -0.377 e. The number of nitrogens with zero attached hydrogens (tertiary/aromatic N) is 5. The summed E-state index contributed by atoms with van der Waals surface area (Å²) in [6.07, 6.45) is -6.70. The van der Waals surface area contributed by atoms with Gasteiger partial charge in [-0.2, -0.15) is 32.1 Å². The third-order valence-corrected chi connectivity index (χ3v) is 10.8. The van der Waals surface area contributed by atoms with Crippen LogP contribution < -0.4 is 10.0 Å². The number of sulfonamides is 1. The molecule has 312 valence electrons. The molecule has 0 unspecified atom stereocenters. The van der Waals surface area contributed by atoms with Crippen molar-refractivity contribution < 1.29 is 57.8 Å². The molecule has 3 heterocycles. The first-order valence-corrected chi connectivity index (χ1v) is 19.7. The van der Waals surface area contributed by atoms with E-state index in [1.165, 1.54) is 29.9 Å². The molecular weight excluding hydrogens is 834 g/mol. The predicted molar refractivity (Wildman–Crippen MR) is 194 cm³/mol. The van der Waals surface area contributed by atoms with Crippen LogP contribution in [0.15, 0.2) is 48.5 Å². The number of nitrogens with one attached hydrogen (secondary N) is 2. The zero-order chi connectivity index (χ0) is 43.3. The number of halogens is 9. The molecule has 1 amide bonds. The van der Waals surface area contributed by atoms with Gasteiger partial charge >= 0.3 is 12.1 Å². The Bertz CT molecular complexity index is 2860. The first kappa shape index (κ1) is 40.7. The van der Waals surface area contributed by atoms with Gasteiger partial charge in [0.05, 0.1) is 42.3 Å². The lowest BCUT2D eigenvalue weighted by atomic mass is 9.77. The van der Waals surface area contributed by atoms with Crippen LogP contribution in [-0.2, 0) is 46.9 Å². The second-order valence-corrected chi connectivity index (χ2v) is 16.7. The summed E-state index contributed by atoms with van der Waals surface area (Å²) >= 11 is 0. The summed E-state index contributed by atoms with van der Waals surface area (Å²) in [6.45, 7) is -1.20. The average molecular weight is 862 g/mol. The Morgan fingerprint density at radius 3 is 2.35 bits per heavy atom. The van der Waals surface area contributed by atoms with Gasteiger partial charge in [0, 0.05) is 35.2 Å². The fraction of sp³-hybridized carbons (Fsp3) is 0.333. The molecule has 0 saturated heterocycles. The molecule has 5 aromatic rings. The van der Waals surface area contributed by atoms with Gasteiger partial charge in [0.15, 0.2) is 11.5 Å². The number of rotatable bonds is 9. The van der Waals surface area contributed by atoms with Crippen molar-refractivity contribution in [3.8, 4) is 34.8 Å². The van der Waals surface area contributed by atoms with E-state index < -0.39 is 112 Å². The molecule has 3 aliphatic rings. The number of pyridine rings is 1. The van der Waals surface area contributed by atoms with E-state index in [2.05, 4.69) is 48.9 Å². The maximum atomic E-state index is 15.5. The minimum absolute atomic E-state index is 0.0694. The standard InChI is InChI=1S/C39H28F9N7O4S/c1-54-32-24(4-3-5-26(32)35(52-54)53-60(2,58)59)23-7-6-22(10-11-36(57)17-37(42,43)18-36)49-31(23)28(14-19-12-20(40)15-21(41)13-19)50-29(56)16-55-34-30(33(51-55)39(46,47)48)25-8-9-27(25)38(34,44)45/h3-7,12-13,15,25,27-28,57H,14,16-18H2,1-2H3,(H,50,56)(H,52,53)/t25-,27+,28-/m0/s1. The Morgan fingerprint density at radius 1 is 1.03 bits per heavy atom. The Hall–Kier alpha value is -6.06. The Morgan fingerprint density at radius 2 is 1.73 bits per heavy atom. The van der Waals surface area contributed by atoms with Crippen LogP contribution in [0.5, 0.6) is 0 Å². The largest absolute Gasteiger partial charge is 0.435 e. The van der Waals surface area contributed by atoms with Crippen molar-refractivity contribution in [2.45, 2.75) is 61.4 Å². The normalized spacial score (nSPS) is 19.7. The molecule has 8 rings (SSSR count). The van der Waals surface area contributed by atoms with Gasteiger partial charge in [0.2, 0.25) is 15.9 Å². The van der Waals surface area contributed by atoms with Gasteiger partial charge in [-0.3, -0.25) is 18.9 Å². The van der Waals surface area contributed by atoms with Crippen molar-refractivity contribution in [1.82, 2.24) is 29.9 Å². The number of fused-ring (bicyclic) bond motifs is 4. The molecule has 3 atom stereocenters.